The van der Waals surface area contributed by atoms with Gasteiger partial charge in [0.2, 0.25) is 5.91 Å². The molecule has 0 radical (unpaired) electrons. The van der Waals surface area contributed by atoms with E-state index in [9.17, 15) is 26.4 Å². The van der Waals surface area contributed by atoms with E-state index in [0.29, 0.717) is 35.3 Å². The molecule has 1 aliphatic rings. The number of nitrogens with one attached hydrogen (secondary N) is 1. The third-order valence-electron chi connectivity index (χ3n) is 5.51. The highest BCUT2D eigenvalue weighted by molar-refractivity contribution is 7.91. The average Bonchev–Trinajstić information content (AvgIpc) is 3.42. The summed E-state index contributed by atoms with van der Waals surface area (Å²) in [6, 6.07) is 11.2. The van der Waals surface area contributed by atoms with Gasteiger partial charge in [0.25, 0.3) is 10.0 Å². The summed E-state index contributed by atoms with van der Waals surface area (Å²) in [5, 5.41) is 15.0. The molecule has 4 N–H and O–H groups in total. The van der Waals surface area contributed by atoms with E-state index in [1.165, 1.54) is 13.1 Å². The Morgan fingerprint density at radius 2 is 1.97 bits per heavy atom. The van der Waals surface area contributed by atoms with E-state index in [2.05, 4.69) is 4.98 Å². The number of aliphatic carboxylic acids is 1. The average molecular weight is 592 g/mol. The summed E-state index contributed by atoms with van der Waals surface area (Å²) < 4.78 is 60.1. The van der Waals surface area contributed by atoms with Gasteiger partial charge in [0.1, 0.15) is 21.2 Å². The molecule has 0 bridgehead atoms. The number of nitrogens with zero attached hydrogens (tertiary/aromatic N) is 3. The number of nitrogen functional groups attached to an aromatic ring is 1. The monoisotopic (exact) mass is 591 g/mol. The van der Waals surface area contributed by atoms with E-state index in [4.69, 9.17) is 32.6 Å². The highest BCUT2D eigenvalue weighted by Gasteiger charge is 2.40. The Hall–Kier alpha value is -3.27. The molecule has 2 aromatic heterocycles. The number of alkyl halides is 3. The number of fused-ring (bicyclic) bond motifs is 1. The van der Waals surface area contributed by atoms with Gasteiger partial charge in [-0.3, -0.25) is 10.2 Å². The lowest BCUT2D eigenvalue weighted by molar-refractivity contribution is -0.192. The second-order valence-electron chi connectivity index (χ2n) is 8.09. The topological polar surface area (TPSA) is 158 Å². The number of hydrogen-bond donors (Lipinski definition) is 3. The number of sulfonamides is 1. The van der Waals surface area contributed by atoms with E-state index in [0.717, 1.165) is 21.2 Å². The molecule has 1 aromatic carbocycles. The van der Waals surface area contributed by atoms with Crippen molar-refractivity contribution in [3.8, 4) is 0 Å². The van der Waals surface area contributed by atoms with Crippen LogP contribution in [0.4, 0.5) is 13.2 Å². The fourth-order valence-electron chi connectivity index (χ4n) is 3.59. The number of amidine groups is 1. The van der Waals surface area contributed by atoms with Gasteiger partial charge in [-0.15, -0.1) is 11.3 Å². The molecular weight excluding hydrogens is 571 g/mol. The van der Waals surface area contributed by atoms with Crippen LogP contribution in [-0.4, -0.2) is 71.2 Å². The Bertz CT molecular complexity index is 1500. The molecule has 204 valence electrons. The molecule has 16 heteroatoms. The Labute approximate surface area is 224 Å². The number of likely N-dealkylation sites (N-methyl/N-ethyl adjacent to an activating group) is 1. The lowest BCUT2D eigenvalue weighted by Gasteiger charge is -2.23. The van der Waals surface area contributed by atoms with Crippen LogP contribution in [0.5, 0.6) is 0 Å². The van der Waals surface area contributed by atoms with Gasteiger partial charge in [-0.2, -0.15) is 17.5 Å². The largest absolute Gasteiger partial charge is 0.490 e. The van der Waals surface area contributed by atoms with Crippen molar-refractivity contribution in [1.82, 2.24) is 14.2 Å². The van der Waals surface area contributed by atoms with E-state index >= 15 is 0 Å². The van der Waals surface area contributed by atoms with Crippen molar-refractivity contribution in [3.05, 3.63) is 58.7 Å². The van der Waals surface area contributed by atoms with Gasteiger partial charge >= 0.3 is 12.1 Å². The van der Waals surface area contributed by atoms with Gasteiger partial charge in [-0.1, -0.05) is 29.8 Å². The number of rotatable bonds is 6. The minimum Gasteiger partial charge on any atom is -0.475 e. The summed E-state index contributed by atoms with van der Waals surface area (Å²) in [5.41, 5.74) is 7.46. The standard InChI is InChI=1S/C20H20ClN5O3S2.C2HF3O2/c1-25(31(28,29)18-10-14-16(30-18)5-6-17(21)24-14)15-7-8-26(20(15)27)11-12-3-2-4-13(9-12)19(22)23;3-2(4,5)1(6)7/h2-6,9-10,15H,7-8,11H2,1H3,(H3,22,23);(H,6,7)/t15-;/m0./s1. The number of nitrogens with two attached hydrogens (primary N) is 1. The van der Waals surface area contributed by atoms with Crippen LogP contribution in [0.3, 0.4) is 0 Å². The molecule has 0 aliphatic carbocycles. The molecule has 1 amide bonds. The molecule has 4 rings (SSSR count). The first kappa shape index (κ1) is 29.3. The Kier molecular flexibility index (Phi) is 8.65. The number of carboxylic acid groups (broad SMARTS) is 1. The zero-order valence-electron chi connectivity index (χ0n) is 19.6. The van der Waals surface area contributed by atoms with Crippen LogP contribution in [0.2, 0.25) is 5.15 Å². The summed E-state index contributed by atoms with van der Waals surface area (Å²) in [7, 11) is -2.43. The van der Waals surface area contributed by atoms with Crippen LogP contribution in [-0.2, 0) is 26.2 Å². The van der Waals surface area contributed by atoms with Crippen molar-refractivity contribution < 1.29 is 36.3 Å². The second-order valence-corrected chi connectivity index (χ2v) is 11.8. The number of thiophene rings is 1. The van der Waals surface area contributed by atoms with Crippen LogP contribution >= 0.6 is 22.9 Å². The maximum atomic E-state index is 13.2. The van der Waals surface area contributed by atoms with Gasteiger partial charge in [-0.05, 0) is 36.2 Å². The lowest BCUT2D eigenvalue weighted by Crippen LogP contribution is -2.42. The first-order valence-corrected chi connectivity index (χ1v) is 13.3. The van der Waals surface area contributed by atoms with E-state index in [-0.39, 0.29) is 21.1 Å². The number of carbonyl (C=O) groups excluding carboxylic acids is 1. The van der Waals surface area contributed by atoms with Crippen molar-refractivity contribution in [1.29, 1.82) is 5.41 Å². The summed E-state index contributed by atoms with van der Waals surface area (Å²) in [4.78, 5) is 27.7. The number of carbonyl (C=O) groups is 2. The first-order valence-electron chi connectivity index (χ1n) is 10.7. The highest BCUT2D eigenvalue weighted by atomic mass is 35.5. The van der Waals surface area contributed by atoms with Crippen molar-refractivity contribution in [2.45, 2.75) is 29.4 Å². The van der Waals surface area contributed by atoms with Crippen molar-refractivity contribution in [3.63, 3.8) is 0 Å². The Balaban J connectivity index is 0.000000505. The predicted molar refractivity (Wildman–Crippen MR) is 135 cm³/mol. The summed E-state index contributed by atoms with van der Waals surface area (Å²) in [5.74, 6) is -3.05. The number of halogens is 4. The van der Waals surface area contributed by atoms with Crippen LogP contribution < -0.4 is 5.73 Å². The highest BCUT2D eigenvalue weighted by Crippen LogP contribution is 2.32. The SMILES string of the molecule is CN([C@H]1CCN(Cc2cccc(C(=N)N)c2)C1=O)S(=O)(=O)c1cc2nc(Cl)ccc2s1.O=C(O)C(F)(F)F. The molecule has 1 atom stereocenters. The van der Waals surface area contributed by atoms with Gasteiger partial charge < -0.3 is 15.7 Å². The summed E-state index contributed by atoms with van der Waals surface area (Å²) in [6.07, 6.45) is -4.68. The Morgan fingerprint density at radius 1 is 1.32 bits per heavy atom. The third-order valence-corrected chi connectivity index (χ3v) is 9.13. The molecule has 0 unspecified atom stereocenters. The van der Waals surface area contributed by atoms with Crippen LogP contribution in [0.1, 0.15) is 17.5 Å². The molecule has 1 saturated heterocycles. The lowest BCUT2D eigenvalue weighted by atomic mass is 10.1. The van der Waals surface area contributed by atoms with Crippen LogP contribution in [0.15, 0.2) is 46.7 Å². The number of pyridine rings is 1. The molecule has 3 heterocycles. The molecule has 0 spiro atoms. The number of aromatic nitrogens is 1. The second kappa shape index (κ2) is 11.2. The van der Waals surface area contributed by atoms with E-state index in [1.54, 1.807) is 35.2 Å². The molecule has 0 saturated carbocycles. The third kappa shape index (κ3) is 6.59. The number of hydrogen-bond acceptors (Lipinski definition) is 7. The zero-order valence-corrected chi connectivity index (χ0v) is 22.0. The first-order chi connectivity index (χ1) is 17.6. The number of likely N-dealkylation sites (tertiary alicyclic amines) is 1. The maximum Gasteiger partial charge on any atom is 0.490 e. The fourth-order valence-corrected chi connectivity index (χ4v) is 6.59. The maximum absolute atomic E-state index is 13.2. The molecule has 1 aliphatic heterocycles. The van der Waals surface area contributed by atoms with Crippen LogP contribution in [0, 0.1) is 5.41 Å². The number of benzene rings is 1. The zero-order chi connectivity index (χ0) is 28.4. The fraction of sp³-hybridized carbons (Fsp3) is 0.273. The minimum atomic E-state index is -5.08. The summed E-state index contributed by atoms with van der Waals surface area (Å²) in [6.45, 7) is 0.771. The quantitative estimate of drug-likeness (QED) is 0.225. The van der Waals surface area contributed by atoms with Gasteiger partial charge in [0.15, 0.2) is 0 Å². The summed E-state index contributed by atoms with van der Waals surface area (Å²) >= 11 is 7.00. The minimum absolute atomic E-state index is 0.0441. The Morgan fingerprint density at radius 3 is 2.58 bits per heavy atom. The van der Waals surface area contributed by atoms with Crippen LogP contribution in [0.25, 0.3) is 10.2 Å². The van der Waals surface area contributed by atoms with Gasteiger partial charge in [-0.25, -0.2) is 18.2 Å². The van der Waals surface area contributed by atoms with Gasteiger partial charge in [0.05, 0.1) is 10.2 Å². The molecule has 38 heavy (non-hydrogen) atoms. The predicted octanol–water partition coefficient (Wildman–Crippen LogP) is 3.29. The molecule has 1 fully saturated rings. The number of carboxylic acids is 1. The van der Waals surface area contributed by atoms with Gasteiger partial charge in [0, 0.05) is 25.7 Å². The smallest absolute Gasteiger partial charge is 0.475 e. The molecule has 3 aromatic rings. The van der Waals surface area contributed by atoms with Crippen molar-refractivity contribution >= 4 is 60.9 Å². The van der Waals surface area contributed by atoms with E-state index in [1.807, 2.05) is 6.07 Å². The van der Waals surface area contributed by atoms with Crippen molar-refractivity contribution in [2.24, 2.45) is 5.73 Å². The van der Waals surface area contributed by atoms with Crippen molar-refractivity contribution in [2.75, 3.05) is 13.6 Å². The number of amides is 1. The van der Waals surface area contributed by atoms with E-state index < -0.39 is 28.2 Å². The normalized spacial score (nSPS) is 16.0. The molecular formula is C22H21ClF3N5O5S2. The molecule has 10 nitrogen and oxygen atoms in total.